The van der Waals surface area contributed by atoms with E-state index in [2.05, 4.69) is 32.4 Å². The Bertz CT molecular complexity index is 1760. The maximum atomic E-state index is 16.7. The van der Waals surface area contributed by atoms with Gasteiger partial charge in [0.25, 0.3) is 0 Å². The highest BCUT2D eigenvalue weighted by Gasteiger charge is 2.49. The van der Waals surface area contributed by atoms with Crippen molar-refractivity contribution < 1.29 is 18.3 Å². The minimum absolute atomic E-state index is 0.0305. The molecule has 2 aliphatic carbocycles. The van der Waals surface area contributed by atoms with Crippen molar-refractivity contribution in [2.24, 2.45) is 5.92 Å². The second-order valence-corrected chi connectivity index (χ2v) is 13.2. The van der Waals surface area contributed by atoms with Crippen LogP contribution in [0.4, 0.5) is 14.6 Å². The first kappa shape index (κ1) is 28.3. The number of ether oxygens (including phenoxy) is 1. The lowest BCUT2D eigenvalue weighted by Gasteiger charge is -2.39. The normalized spacial score (nSPS) is 28.5. The van der Waals surface area contributed by atoms with Crippen LogP contribution in [0.15, 0.2) is 37.1 Å². The minimum atomic E-state index is -0.902. The summed E-state index contributed by atoms with van der Waals surface area (Å²) in [6, 6.07) is 5.70. The molecule has 45 heavy (non-hydrogen) atoms. The highest BCUT2D eigenvalue weighted by Crippen LogP contribution is 2.57. The number of piperazine rings is 1. The molecule has 2 aromatic heterocycles. The van der Waals surface area contributed by atoms with E-state index in [1.165, 1.54) is 23.6 Å². The Labute approximate surface area is 260 Å². The van der Waals surface area contributed by atoms with Crippen molar-refractivity contribution in [2.45, 2.75) is 55.8 Å². The maximum Gasteiger partial charge on any atom is 0.319 e. The van der Waals surface area contributed by atoms with E-state index >= 15 is 4.39 Å². The summed E-state index contributed by atoms with van der Waals surface area (Å²) in [7, 11) is 0. The zero-order valence-corrected chi connectivity index (χ0v) is 25.1. The summed E-state index contributed by atoms with van der Waals surface area (Å²) < 4.78 is 37.4. The molecule has 11 heteroatoms. The fraction of sp³-hybridized carbons (Fsp3) is 0.500. The van der Waals surface area contributed by atoms with Crippen LogP contribution in [0.1, 0.15) is 42.7 Å². The second-order valence-electron chi connectivity index (χ2n) is 13.2. The lowest BCUT2D eigenvalue weighted by atomic mass is 9.95. The third kappa shape index (κ3) is 4.64. The molecular formula is C34H35F2N7O2. The van der Waals surface area contributed by atoms with E-state index in [1.54, 1.807) is 11.1 Å². The Kier molecular flexibility index (Phi) is 6.75. The van der Waals surface area contributed by atoms with Crippen molar-refractivity contribution in [1.82, 2.24) is 24.8 Å². The molecule has 1 saturated carbocycles. The molecule has 9 nitrogen and oxygen atoms in total. The van der Waals surface area contributed by atoms with Crippen molar-refractivity contribution >= 4 is 22.6 Å². The number of nitrogens with zero attached hydrogens (tertiary/aromatic N) is 7. The van der Waals surface area contributed by atoms with Gasteiger partial charge in [0.1, 0.15) is 35.8 Å². The maximum absolute atomic E-state index is 16.7. The summed E-state index contributed by atoms with van der Waals surface area (Å²) in [5.74, 6) is 0.903. The van der Waals surface area contributed by atoms with Crippen molar-refractivity contribution in [3.63, 3.8) is 0 Å². The number of carbonyl (C=O) groups is 1. The van der Waals surface area contributed by atoms with Crippen LogP contribution in [0.2, 0.25) is 0 Å². The molecule has 0 bridgehead atoms. The minimum Gasteiger partial charge on any atom is -0.461 e. The molecule has 1 amide bonds. The summed E-state index contributed by atoms with van der Waals surface area (Å²) in [6.45, 7) is 13.8. The second kappa shape index (κ2) is 10.7. The van der Waals surface area contributed by atoms with Crippen molar-refractivity contribution in [2.75, 3.05) is 50.8 Å². The topological polar surface area (TPSA) is 79.1 Å². The van der Waals surface area contributed by atoms with Crippen LogP contribution in [0.5, 0.6) is 6.01 Å². The van der Waals surface area contributed by atoms with E-state index in [1.807, 2.05) is 17.0 Å². The Balaban J connectivity index is 1.20. The van der Waals surface area contributed by atoms with Gasteiger partial charge in [-0.05, 0) is 61.3 Å². The van der Waals surface area contributed by atoms with Gasteiger partial charge in [0.15, 0.2) is 5.82 Å². The SMILES string of the molecule is [C-]#[N+]C[C@H]1CN(c2nc(OC[C@@]34CCCN3C[C@H](F)C4)nc3c(F)c(-c4cccc5c4CC4CC54)ncc23)CCN1C(=O)C=C. The third-order valence-corrected chi connectivity index (χ3v) is 10.7. The molecule has 8 rings (SSSR count). The van der Waals surface area contributed by atoms with Gasteiger partial charge < -0.3 is 19.4 Å². The number of alkyl halides is 1. The standard InChI is InChI=1S/C34H35F2N7O2/c1-3-28(44)43-11-10-41(18-22(43)15-37-2)32-27-16-38-30(24-7-4-6-23-25-12-20(25)13-26(23)24)29(36)31(27)39-33(40-32)45-19-34-8-5-9-42(34)17-21(35)14-34/h3-4,6-7,16,20-22,25H,1,5,8-15,17-19H2/t20?,21-,22+,25?,34+/m1/s1. The predicted molar refractivity (Wildman–Crippen MR) is 165 cm³/mol. The van der Waals surface area contributed by atoms with Crippen LogP contribution in [0, 0.1) is 18.3 Å². The number of halogens is 2. The highest BCUT2D eigenvalue weighted by molar-refractivity contribution is 5.93. The van der Waals surface area contributed by atoms with Crippen molar-refractivity contribution in [1.29, 1.82) is 0 Å². The van der Waals surface area contributed by atoms with Gasteiger partial charge in [0, 0.05) is 44.4 Å². The van der Waals surface area contributed by atoms with E-state index in [9.17, 15) is 9.18 Å². The van der Waals surface area contributed by atoms with Crippen LogP contribution in [0.3, 0.4) is 0 Å². The number of hydrogen-bond donors (Lipinski definition) is 0. The average Bonchev–Trinajstić information content (AvgIpc) is 3.39. The van der Waals surface area contributed by atoms with E-state index in [4.69, 9.17) is 16.3 Å². The van der Waals surface area contributed by atoms with Gasteiger partial charge in [-0.15, -0.1) is 0 Å². The van der Waals surface area contributed by atoms with Crippen molar-refractivity contribution in [3.05, 3.63) is 65.4 Å². The summed E-state index contributed by atoms with van der Waals surface area (Å²) in [5, 5.41) is 0.439. The number of rotatable bonds is 7. The molecule has 1 aromatic carbocycles. The summed E-state index contributed by atoms with van der Waals surface area (Å²) in [6.07, 6.45) is 6.33. The molecule has 3 aliphatic heterocycles. The van der Waals surface area contributed by atoms with Gasteiger partial charge in [-0.1, -0.05) is 24.8 Å². The number of hydrogen-bond acceptors (Lipinski definition) is 7. The smallest absolute Gasteiger partial charge is 0.319 e. The first-order valence-corrected chi connectivity index (χ1v) is 15.9. The first-order chi connectivity index (χ1) is 21.9. The molecule has 4 fully saturated rings. The van der Waals surface area contributed by atoms with Crippen LogP contribution in [-0.2, 0) is 11.2 Å². The van der Waals surface area contributed by atoms with E-state index in [-0.39, 0.29) is 36.3 Å². The van der Waals surface area contributed by atoms with E-state index < -0.39 is 23.6 Å². The van der Waals surface area contributed by atoms with Crippen LogP contribution in [0.25, 0.3) is 27.0 Å². The Morgan fingerprint density at radius 2 is 2.13 bits per heavy atom. The Hall–Kier alpha value is -4.17. The third-order valence-electron chi connectivity index (χ3n) is 10.7. The predicted octanol–water partition coefficient (Wildman–Crippen LogP) is 4.57. The molecule has 3 aromatic rings. The monoisotopic (exact) mass is 611 g/mol. The van der Waals surface area contributed by atoms with Crippen LogP contribution in [-0.4, -0.2) is 94.3 Å². The lowest BCUT2D eigenvalue weighted by Crippen LogP contribution is -2.56. The molecular weight excluding hydrogens is 576 g/mol. The van der Waals surface area contributed by atoms with Gasteiger partial charge in [0.05, 0.1) is 10.9 Å². The largest absolute Gasteiger partial charge is 0.461 e. The molecule has 0 radical (unpaired) electrons. The van der Waals surface area contributed by atoms with Crippen molar-refractivity contribution in [3.8, 4) is 17.3 Å². The fourth-order valence-corrected chi connectivity index (χ4v) is 8.40. The van der Waals surface area contributed by atoms with Crippen LogP contribution < -0.4 is 9.64 Å². The molecule has 0 N–H and O–H groups in total. The van der Waals surface area contributed by atoms with Gasteiger partial charge >= 0.3 is 6.01 Å². The highest BCUT2D eigenvalue weighted by atomic mass is 19.1. The molecule has 5 aliphatic rings. The molecule has 2 unspecified atom stereocenters. The zero-order valence-electron chi connectivity index (χ0n) is 25.1. The summed E-state index contributed by atoms with van der Waals surface area (Å²) in [5.41, 5.74) is 3.23. The van der Waals surface area contributed by atoms with Gasteiger partial charge in [-0.2, -0.15) is 9.97 Å². The van der Waals surface area contributed by atoms with E-state index in [0.717, 1.165) is 31.4 Å². The number of benzene rings is 1. The lowest BCUT2D eigenvalue weighted by molar-refractivity contribution is -0.128. The molecule has 3 saturated heterocycles. The first-order valence-electron chi connectivity index (χ1n) is 15.9. The quantitative estimate of drug-likeness (QED) is 0.286. The molecule has 5 heterocycles. The number of pyridine rings is 1. The molecule has 0 spiro atoms. The summed E-state index contributed by atoms with van der Waals surface area (Å²) in [4.78, 5) is 36.0. The van der Waals surface area contributed by atoms with Gasteiger partial charge in [-0.3, -0.25) is 14.7 Å². The van der Waals surface area contributed by atoms with E-state index in [0.29, 0.717) is 55.6 Å². The molecule has 232 valence electrons. The number of anilines is 1. The summed E-state index contributed by atoms with van der Waals surface area (Å²) >= 11 is 0. The average molecular weight is 612 g/mol. The Morgan fingerprint density at radius 3 is 2.98 bits per heavy atom. The van der Waals surface area contributed by atoms with Crippen LogP contribution >= 0.6 is 0 Å². The van der Waals surface area contributed by atoms with Gasteiger partial charge in [0.2, 0.25) is 12.5 Å². The number of carbonyl (C=O) groups excluding carboxylic acids is 1. The Morgan fingerprint density at radius 1 is 1.24 bits per heavy atom. The molecule has 5 atom stereocenters. The number of amides is 1. The number of fused-ring (bicyclic) bond motifs is 5. The van der Waals surface area contributed by atoms with Gasteiger partial charge in [-0.25, -0.2) is 15.4 Å². The fourth-order valence-electron chi connectivity index (χ4n) is 8.40. The number of aromatic nitrogens is 3. The zero-order chi connectivity index (χ0) is 30.9.